The Labute approximate surface area is 234 Å². The zero-order valence-electron chi connectivity index (χ0n) is 23.4. The Kier molecular flexibility index (Phi) is 9.97. The number of nitrogens with one attached hydrogen (secondary N) is 2. The molecule has 0 radical (unpaired) electrons. The van der Waals surface area contributed by atoms with Crippen molar-refractivity contribution in [2.75, 3.05) is 12.7 Å². The van der Waals surface area contributed by atoms with E-state index < -0.39 is 38.3 Å². The highest BCUT2D eigenvalue weighted by atomic mass is 32.2. The third-order valence-corrected chi connectivity index (χ3v) is 8.61. The molecule has 0 spiro atoms. The lowest BCUT2D eigenvalue weighted by molar-refractivity contribution is -0.149. The predicted molar refractivity (Wildman–Crippen MR) is 151 cm³/mol. The first-order chi connectivity index (χ1) is 18.0. The Hall–Kier alpha value is -2.33. The Balaban J connectivity index is 1.68. The molecule has 0 bridgehead atoms. The van der Waals surface area contributed by atoms with Crippen LogP contribution in [0.3, 0.4) is 0 Å². The summed E-state index contributed by atoms with van der Waals surface area (Å²) in [6.07, 6.45) is -1.46. The molecular formula is C27H40N3O7PS. The molecule has 1 fully saturated rings. The maximum atomic E-state index is 13.4. The molecule has 1 aromatic rings. The van der Waals surface area contributed by atoms with Gasteiger partial charge in [-0.3, -0.25) is 18.9 Å². The largest absolute Gasteiger partial charge is 0.460 e. The Morgan fingerprint density at radius 3 is 2.41 bits per heavy atom. The number of carbonyl (C=O) groups is 3. The van der Waals surface area contributed by atoms with Crippen molar-refractivity contribution < 1.29 is 33.5 Å². The highest BCUT2D eigenvalue weighted by Crippen LogP contribution is 2.38. The molecule has 0 aromatic heterocycles. The molecule has 2 aliphatic rings. The number of thioether (sulfide) groups is 1. The molecule has 12 heteroatoms. The van der Waals surface area contributed by atoms with Gasteiger partial charge in [-0.1, -0.05) is 56.8 Å². The smallest absolute Gasteiger partial charge is 0.326 e. The molecule has 0 aliphatic carbocycles. The van der Waals surface area contributed by atoms with E-state index in [1.54, 1.807) is 11.8 Å². The topological polar surface area (TPSA) is 145 Å². The van der Waals surface area contributed by atoms with Gasteiger partial charge in [0.1, 0.15) is 12.1 Å². The average Bonchev–Trinajstić information content (AvgIpc) is 3.38. The van der Waals surface area contributed by atoms with Crippen LogP contribution in [0.1, 0.15) is 78.0 Å². The van der Waals surface area contributed by atoms with E-state index in [-0.39, 0.29) is 42.7 Å². The van der Waals surface area contributed by atoms with Crippen molar-refractivity contribution in [3.63, 3.8) is 0 Å². The summed E-state index contributed by atoms with van der Waals surface area (Å²) in [5.74, 6) is -1.32. The van der Waals surface area contributed by atoms with Gasteiger partial charge in [0.25, 0.3) is 0 Å². The molecule has 2 aliphatic heterocycles. The fraction of sp³-hybridized carbons (Fsp3) is 0.593. The van der Waals surface area contributed by atoms with Crippen molar-refractivity contribution in [1.82, 2.24) is 15.5 Å². The lowest BCUT2D eigenvalue weighted by Crippen LogP contribution is -2.47. The number of ether oxygens (including phenoxy) is 1. The molecule has 1 unspecified atom stereocenters. The van der Waals surface area contributed by atoms with Gasteiger partial charge in [-0.25, -0.2) is 0 Å². The maximum Gasteiger partial charge on any atom is 0.326 e. The van der Waals surface area contributed by atoms with E-state index in [0.29, 0.717) is 5.37 Å². The van der Waals surface area contributed by atoms with E-state index in [9.17, 15) is 18.9 Å². The van der Waals surface area contributed by atoms with Crippen molar-refractivity contribution in [1.29, 1.82) is 0 Å². The van der Waals surface area contributed by atoms with Crippen LogP contribution in [0.2, 0.25) is 0 Å². The summed E-state index contributed by atoms with van der Waals surface area (Å²) in [5, 5.41) is 6.73. The maximum absolute atomic E-state index is 13.4. The van der Waals surface area contributed by atoms with Crippen LogP contribution in [0, 0.1) is 5.41 Å². The first kappa shape index (κ1) is 31.2. The van der Waals surface area contributed by atoms with Crippen LogP contribution in [0.4, 0.5) is 0 Å². The van der Waals surface area contributed by atoms with Crippen molar-refractivity contribution in [3.8, 4) is 0 Å². The zero-order chi connectivity index (χ0) is 29.1. The highest BCUT2D eigenvalue weighted by Gasteiger charge is 2.42. The van der Waals surface area contributed by atoms with E-state index in [4.69, 9.17) is 14.5 Å². The second-order valence-electron chi connectivity index (χ2n) is 11.5. The SMILES string of the molecule is CC1=C(c2ccc([C@H](C)NC(=O)[C@@H]3C[C@@H](OC(=O)CCP(=O)(O)O)CN3C(=O)CC(C)(C)C)cc2)SC(C)N1. The molecule has 2 amide bonds. The number of hydrogen-bond acceptors (Lipinski definition) is 7. The zero-order valence-corrected chi connectivity index (χ0v) is 25.1. The van der Waals surface area contributed by atoms with Crippen LogP contribution in [-0.4, -0.2) is 62.7 Å². The minimum atomic E-state index is -4.34. The first-order valence-electron chi connectivity index (χ1n) is 13.1. The summed E-state index contributed by atoms with van der Waals surface area (Å²) in [6, 6.07) is 6.88. The molecular weight excluding hydrogens is 541 g/mol. The predicted octanol–water partition coefficient (Wildman–Crippen LogP) is 3.75. The second-order valence-corrected chi connectivity index (χ2v) is 14.6. The molecule has 10 nitrogen and oxygen atoms in total. The summed E-state index contributed by atoms with van der Waals surface area (Å²) in [6.45, 7) is 11.9. The van der Waals surface area contributed by atoms with Gasteiger partial charge < -0.3 is 30.1 Å². The summed E-state index contributed by atoms with van der Waals surface area (Å²) < 4.78 is 16.5. The van der Waals surface area contributed by atoms with E-state index in [1.807, 2.05) is 52.0 Å². The molecule has 1 saturated heterocycles. The van der Waals surface area contributed by atoms with Gasteiger partial charge in [-0.2, -0.15) is 0 Å². The van der Waals surface area contributed by atoms with Gasteiger partial charge in [0.2, 0.25) is 11.8 Å². The van der Waals surface area contributed by atoms with Crippen molar-refractivity contribution in [3.05, 3.63) is 41.1 Å². The number of hydrogen-bond donors (Lipinski definition) is 4. The van der Waals surface area contributed by atoms with Crippen LogP contribution in [-0.2, 0) is 23.7 Å². The van der Waals surface area contributed by atoms with Gasteiger partial charge in [0.15, 0.2) is 0 Å². The van der Waals surface area contributed by atoms with Gasteiger partial charge in [-0.15, -0.1) is 0 Å². The quantitative estimate of drug-likeness (QED) is 0.253. The summed E-state index contributed by atoms with van der Waals surface area (Å²) in [4.78, 5) is 59.4. The molecule has 0 saturated carbocycles. The Morgan fingerprint density at radius 1 is 1.23 bits per heavy atom. The number of esters is 1. The third-order valence-electron chi connectivity index (χ3n) is 6.56. The number of carbonyl (C=O) groups excluding carboxylic acids is 3. The monoisotopic (exact) mass is 581 g/mol. The highest BCUT2D eigenvalue weighted by molar-refractivity contribution is 8.09. The van der Waals surface area contributed by atoms with E-state index in [2.05, 4.69) is 24.5 Å². The van der Waals surface area contributed by atoms with E-state index in [0.717, 1.165) is 16.8 Å². The lowest BCUT2D eigenvalue weighted by atomic mass is 9.91. The van der Waals surface area contributed by atoms with Crippen LogP contribution in [0.25, 0.3) is 4.91 Å². The molecule has 3 rings (SSSR count). The number of rotatable bonds is 9. The van der Waals surface area contributed by atoms with Crippen molar-refractivity contribution >= 4 is 42.0 Å². The standard InChI is InChI=1S/C27H40N3O7PS/c1-16(19-7-9-20(10-8-19)25-17(2)28-18(3)39-25)29-26(33)22-13-21(37-24(32)11-12-38(34,35)36)15-30(22)23(31)14-27(4,5)6/h7-10,16,18,21-22,28H,11-15H2,1-6H3,(H,29,33)(H2,34,35,36)/t16-,18?,21+,22-/m0/s1. The molecule has 4 N–H and O–H groups in total. The molecule has 216 valence electrons. The number of likely N-dealkylation sites (tertiary alicyclic amines) is 1. The van der Waals surface area contributed by atoms with Crippen LogP contribution in [0.15, 0.2) is 30.0 Å². The average molecular weight is 582 g/mol. The minimum absolute atomic E-state index is 0.0519. The fourth-order valence-corrected chi connectivity index (χ4v) is 6.28. The van der Waals surface area contributed by atoms with Gasteiger partial charge in [0.05, 0.1) is 30.5 Å². The molecule has 1 aromatic carbocycles. The Morgan fingerprint density at radius 2 is 1.87 bits per heavy atom. The number of benzene rings is 1. The Bertz CT molecular complexity index is 1160. The summed E-state index contributed by atoms with van der Waals surface area (Å²) in [5.41, 5.74) is 2.86. The van der Waals surface area contributed by atoms with Gasteiger partial charge in [0, 0.05) is 23.4 Å². The number of nitrogens with zero attached hydrogens (tertiary/aromatic N) is 1. The van der Waals surface area contributed by atoms with Crippen molar-refractivity contribution in [2.24, 2.45) is 5.41 Å². The van der Waals surface area contributed by atoms with E-state index >= 15 is 0 Å². The summed E-state index contributed by atoms with van der Waals surface area (Å²) in [7, 11) is -4.34. The number of amides is 2. The number of allylic oxidation sites excluding steroid dienone is 1. The van der Waals surface area contributed by atoms with E-state index in [1.165, 1.54) is 9.81 Å². The fourth-order valence-electron chi connectivity index (χ4n) is 4.71. The molecule has 39 heavy (non-hydrogen) atoms. The van der Waals surface area contributed by atoms with Gasteiger partial charge >= 0.3 is 13.6 Å². The first-order valence-corrected chi connectivity index (χ1v) is 15.8. The van der Waals surface area contributed by atoms with Crippen LogP contribution in [0.5, 0.6) is 0 Å². The lowest BCUT2D eigenvalue weighted by Gasteiger charge is -2.28. The minimum Gasteiger partial charge on any atom is -0.460 e. The molecule has 4 atom stereocenters. The van der Waals surface area contributed by atoms with Gasteiger partial charge in [-0.05, 0) is 37.3 Å². The van der Waals surface area contributed by atoms with Crippen LogP contribution >= 0.6 is 19.4 Å². The second kappa shape index (κ2) is 12.5. The normalized spacial score (nSPS) is 22.5. The third kappa shape index (κ3) is 9.10. The van der Waals surface area contributed by atoms with Crippen LogP contribution < -0.4 is 10.6 Å². The summed E-state index contributed by atoms with van der Waals surface area (Å²) >= 11 is 1.77. The van der Waals surface area contributed by atoms with Crippen molar-refractivity contribution in [2.45, 2.75) is 84.4 Å². The molecule has 2 heterocycles.